The predicted molar refractivity (Wildman–Crippen MR) is 128 cm³/mol. The first-order valence-corrected chi connectivity index (χ1v) is 10.5. The standard InChI is InChI=1S/C26H17F3N4O3/c1-2-3-24(34)32-18-6-9-21-20(15-18)22(11-13-30-21)36-19-7-4-16(5-8-19)25(35)33-23-14-17(10-12-31-23)26(27,28)29/h4-15H,1H3,(H,32,34)(H,31,33,35). The summed E-state index contributed by atoms with van der Waals surface area (Å²) in [4.78, 5) is 32.3. The molecule has 2 amide bonds. The van der Waals surface area contributed by atoms with Crippen molar-refractivity contribution in [3.8, 4) is 23.3 Å². The zero-order chi connectivity index (χ0) is 25.7. The maximum absolute atomic E-state index is 12.9. The number of carbonyl (C=O) groups is 2. The number of anilines is 2. The van der Waals surface area contributed by atoms with E-state index in [-0.39, 0.29) is 11.4 Å². The van der Waals surface area contributed by atoms with Gasteiger partial charge in [0.2, 0.25) is 0 Å². The van der Waals surface area contributed by atoms with Crippen LogP contribution >= 0.6 is 0 Å². The SMILES string of the molecule is CC#CC(=O)Nc1ccc2nccc(Oc3ccc(C(=O)Nc4cc(C(F)(F)F)ccn4)cc3)c2c1. The molecule has 2 aromatic carbocycles. The summed E-state index contributed by atoms with van der Waals surface area (Å²) in [7, 11) is 0. The minimum Gasteiger partial charge on any atom is -0.457 e. The van der Waals surface area contributed by atoms with Crippen LogP contribution in [0.25, 0.3) is 10.9 Å². The molecule has 36 heavy (non-hydrogen) atoms. The van der Waals surface area contributed by atoms with E-state index in [0.29, 0.717) is 28.1 Å². The lowest BCUT2D eigenvalue weighted by Gasteiger charge is -2.11. The molecule has 2 aromatic heterocycles. The highest BCUT2D eigenvalue weighted by Crippen LogP contribution is 2.32. The highest BCUT2D eigenvalue weighted by Gasteiger charge is 2.30. The van der Waals surface area contributed by atoms with Crippen LogP contribution < -0.4 is 15.4 Å². The van der Waals surface area contributed by atoms with Gasteiger partial charge >= 0.3 is 6.18 Å². The number of amides is 2. The van der Waals surface area contributed by atoms with Crippen LogP contribution in [0.4, 0.5) is 24.7 Å². The number of aromatic nitrogens is 2. The number of hydrogen-bond donors (Lipinski definition) is 2. The van der Waals surface area contributed by atoms with Crippen LogP contribution in [0.1, 0.15) is 22.8 Å². The van der Waals surface area contributed by atoms with Crippen LogP contribution in [-0.4, -0.2) is 21.8 Å². The molecular weight excluding hydrogens is 473 g/mol. The van der Waals surface area contributed by atoms with Crippen molar-refractivity contribution in [3.05, 3.63) is 84.2 Å². The summed E-state index contributed by atoms with van der Waals surface area (Å²) in [5, 5.41) is 5.66. The molecular formula is C26H17F3N4O3. The van der Waals surface area contributed by atoms with Crippen molar-refractivity contribution < 1.29 is 27.5 Å². The Labute approximate surface area is 203 Å². The second-order valence-electron chi connectivity index (χ2n) is 7.38. The Morgan fingerprint density at radius 2 is 1.67 bits per heavy atom. The molecule has 0 fully saturated rings. The summed E-state index contributed by atoms with van der Waals surface area (Å²) in [5.41, 5.74) is 0.435. The number of pyridine rings is 2. The fourth-order valence-electron chi connectivity index (χ4n) is 3.23. The minimum absolute atomic E-state index is 0.197. The quantitative estimate of drug-likeness (QED) is 0.353. The van der Waals surface area contributed by atoms with E-state index in [4.69, 9.17) is 4.74 Å². The fraction of sp³-hybridized carbons (Fsp3) is 0.0769. The summed E-state index contributed by atoms with van der Waals surface area (Å²) in [6, 6.07) is 14.4. The highest BCUT2D eigenvalue weighted by atomic mass is 19.4. The van der Waals surface area contributed by atoms with Crippen molar-refractivity contribution in [1.82, 2.24) is 9.97 Å². The van der Waals surface area contributed by atoms with Gasteiger partial charge in [-0.15, -0.1) is 0 Å². The second-order valence-corrected chi connectivity index (χ2v) is 7.38. The third-order valence-corrected chi connectivity index (χ3v) is 4.87. The van der Waals surface area contributed by atoms with Gasteiger partial charge in [0.1, 0.15) is 17.3 Å². The van der Waals surface area contributed by atoms with E-state index in [1.165, 1.54) is 12.1 Å². The molecule has 0 spiro atoms. The van der Waals surface area contributed by atoms with Crippen molar-refractivity contribution in [3.63, 3.8) is 0 Å². The van der Waals surface area contributed by atoms with Crippen LogP contribution in [0.3, 0.4) is 0 Å². The maximum atomic E-state index is 12.9. The fourth-order valence-corrected chi connectivity index (χ4v) is 3.23. The Morgan fingerprint density at radius 3 is 2.39 bits per heavy atom. The summed E-state index contributed by atoms with van der Waals surface area (Å²) in [6.45, 7) is 1.56. The molecule has 2 N–H and O–H groups in total. The molecule has 0 saturated heterocycles. The van der Waals surface area contributed by atoms with Crippen LogP contribution in [0.15, 0.2) is 73.1 Å². The van der Waals surface area contributed by atoms with Crippen molar-refractivity contribution in [1.29, 1.82) is 0 Å². The van der Waals surface area contributed by atoms with Crippen LogP contribution in [0.5, 0.6) is 11.5 Å². The van der Waals surface area contributed by atoms with Crippen molar-refractivity contribution >= 4 is 34.2 Å². The lowest BCUT2D eigenvalue weighted by atomic mass is 10.1. The van der Waals surface area contributed by atoms with Crippen LogP contribution in [-0.2, 0) is 11.0 Å². The van der Waals surface area contributed by atoms with Crippen molar-refractivity contribution in [2.24, 2.45) is 0 Å². The Hall–Kier alpha value is -4.91. The number of fused-ring (bicyclic) bond motifs is 1. The number of hydrogen-bond acceptors (Lipinski definition) is 5. The van der Waals surface area contributed by atoms with Crippen molar-refractivity contribution in [2.45, 2.75) is 13.1 Å². The summed E-state index contributed by atoms with van der Waals surface area (Å²) < 4.78 is 44.6. The largest absolute Gasteiger partial charge is 0.457 e. The summed E-state index contributed by atoms with van der Waals surface area (Å²) in [6.07, 6.45) is -2.00. The van der Waals surface area contributed by atoms with Gasteiger partial charge in [0.15, 0.2) is 0 Å². The average Bonchev–Trinajstić information content (AvgIpc) is 2.84. The minimum atomic E-state index is -4.55. The van der Waals surface area contributed by atoms with Gasteiger partial charge in [-0.1, -0.05) is 5.92 Å². The molecule has 0 saturated carbocycles. The van der Waals surface area contributed by atoms with Gasteiger partial charge in [-0.05, 0) is 73.5 Å². The predicted octanol–water partition coefficient (Wildman–Crippen LogP) is 5.66. The van der Waals surface area contributed by atoms with Gasteiger partial charge in [0.25, 0.3) is 11.8 Å². The van der Waals surface area contributed by atoms with Crippen LogP contribution in [0.2, 0.25) is 0 Å². The van der Waals surface area contributed by atoms with E-state index in [0.717, 1.165) is 18.3 Å². The molecule has 0 aliphatic heterocycles. The number of nitrogens with one attached hydrogen (secondary N) is 2. The third-order valence-electron chi connectivity index (χ3n) is 4.87. The monoisotopic (exact) mass is 490 g/mol. The van der Waals surface area contributed by atoms with Gasteiger partial charge in [0, 0.05) is 29.0 Å². The molecule has 10 heteroatoms. The normalized spacial score (nSPS) is 10.8. The molecule has 4 aromatic rings. The van der Waals surface area contributed by atoms with Gasteiger partial charge < -0.3 is 15.4 Å². The molecule has 4 rings (SSSR count). The molecule has 7 nitrogen and oxygen atoms in total. The number of alkyl halides is 3. The number of carbonyl (C=O) groups excluding carboxylic acids is 2. The number of halogens is 3. The third kappa shape index (κ3) is 5.77. The summed E-state index contributed by atoms with van der Waals surface area (Å²) >= 11 is 0. The average molecular weight is 490 g/mol. The van der Waals surface area contributed by atoms with E-state index in [1.807, 2.05) is 0 Å². The number of ether oxygens (including phenoxy) is 1. The van der Waals surface area contributed by atoms with E-state index in [1.54, 1.807) is 49.5 Å². The molecule has 2 heterocycles. The Bertz CT molecular complexity index is 1510. The second kappa shape index (κ2) is 10.1. The number of nitrogens with zero attached hydrogens (tertiary/aromatic N) is 2. The highest BCUT2D eigenvalue weighted by molar-refractivity contribution is 6.05. The molecule has 0 radical (unpaired) electrons. The maximum Gasteiger partial charge on any atom is 0.416 e. The molecule has 180 valence electrons. The van der Waals surface area contributed by atoms with Crippen molar-refractivity contribution in [2.75, 3.05) is 10.6 Å². The lowest BCUT2D eigenvalue weighted by molar-refractivity contribution is -0.137. The van der Waals surface area contributed by atoms with Gasteiger partial charge in [-0.25, -0.2) is 4.98 Å². The van der Waals surface area contributed by atoms with E-state index in [9.17, 15) is 22.8 Å². The first kappa shape index (κ1) is 24.2. The first-order valence-electron chi connectivity index (χ1n) is 10.5. The first-order chi connectivity index (χ1) is 17.2. The molecule has 0 unspecified atom stereocenters. The van der Waals surface area contributed by atoms with Gasteiger partial charge in [-0.2, -0.15) is 13.2 Å². The molecule has 0 bridgehead atoms. The van der Waals surface area contributed by atoms with Gasteiger partial charge in [0.05, 0.1) is 11.1 Å². The topological polar surface area (TPSA) is 93.2 Å². The summed E-state index contributed by atoms with van der Waals surface area (Å²) in [5.74, 6) is 4.51. The van der Waals surface area contributed by atoms with Crippen LogP contribution in [0, 0.1) is 11.8 Å². The smallest absolute Gasteiger partial charge is 0.416 e. The molecule has 0 aliphatic rings. The van der Waals surface area contributed by atoms with E-state index >= 15 is 0 Å². The lowest BCUT2D eigenvalue weighted by Crippen LogP contribution is -2.14. The number of benzene rings is 2. The Balaban J connectivity index is 1.50. The van der Waals surface area contributed by atoms with E-state index < -0.39 is 23.6 Å². The van der Waals surface area contributed by atoms with E-state index in [2.05, 4.69) is 32.4 Å². The number of rotatable bonds is 5. The Morgan fingerprint density at radius 1 is 0.917 bits per heavy atom. The molecule has 0 aliphatic carbocycles. The zero-order valence-electron chi connectivity index (χ0n) is 18.7. The Kier molecular flexibility index (Phi) is 6.83. The molecule has 0 atom stereocenters. The van der Waals surface area contributed by atoms with Gasteiger partial charge in [-0.3, -0.25) is 14.6 Å². The zero-order valence-corrected chi connectivity index (χ0v) is 18.7.